The predicted molar refractivity (Wildman–Crippen MR) is 515 cm³/mol. The first kappa shape index (κ1) is 98.4. The fourth-order valence-corrected chi connectivity index (χ4v) is 20.7. The molecule has 684 valence electrons. The number of sulfone groups is 1. The SMILES string of the molecule is C.CC1=[N+](CCCCS(=O)(=O)[O-])c2ccc3ccccc3c2C1(C)C.CN(C(=O)OC(C)(C)C)C1=C(/C=C/C2=[N+](CCCCS(=O)(=O)[O-])c3ccc4ccccc4c3C2(C)C)CC/C1=C\C=C1\N(CCCCS(C)(=O)=O)c2ccc3ccccc3c2C1(C)C.CN(C(=O)OC(C)(C)C)C1=C(C=[N+]2CCc3ccccc32)CC/C1=C\N1CCc2ccccc21.CS(=O)(=O)[O-]. The van der Waals surface area contributed by atoms with Crippen molar-refractivity contribution in [1.82, 2.24) is 9.80 Å². The number of benzene rings is 8. The van der Waals surface area contributed by atoms with E-state index in [9.17, 15) is 43.9 Å². The number of ether oxygens (including phenoxy) is 2. The van der Waals surface area contributed by atoms with Gasteiger partial charge in [0.25, 0.3) is 0 Å². The summed E-state index contributed by atoms with van der Waals surface area (Å²) >= 11 is 0. The van der Waals surface area contributed by atoms with Crippen LogP contribution >= 0.6 is 0 Å². The molecule has 0 spiro atoms. The first-order valence-corrected chi connectivity index (χ1v) is 50.8. The Bertz CT molecular complexity index is 6400. The number of carbonyl (C=O) groups excluding carboxylic acids is 2. The Balaban J connectivity index is 0.000000205. The summed E-state index contributed by atoms with van der Waals surface area (Å²) < 4.78 is 137. The maximum atomic E-state index is 13.9. The van der Waals surface area contributed by atoms with Crippen molar-refractivity contribution in [2.75, 3.05) is 86.4 Å². The van der Waals surface area contributed by atoms with Crippen LogP contribution in [0.1, 0.15) is 189 Å². The van der Waals surface area contributed by atoms with E-state index in [1.165, 1.54) is 84.2 Å². The van der Waals surface area contributed by atoms with E-state index in [0.29, 0.717) is 64.3 Å². The minimum absolute atomic E-state index is 0. The topological polar surface area (TPSA) is 280 Å². The molecule has 0 fully saturated rings. The van der Waals surface area contributed by atoms with Crippen molar-refractivity contribution in [2.24, 2.45) is 0 Å². The summed E-state index contributed by atoms with van der Waals surface area (Å²) in [5.74, 6) is -0.547. The second-order valence-electron chi connectivity index (χ2n) is 37.7. The van der Waals surface area contributed by atoms with Crippen LogP contribution in [0.2, 0.25) is 0 Å². The molecule has 128 heavy (non-hydrogen) atoms. The van der Waals surface area contributed by atoms with Gasteiger partial charge in [-0.15, -0.1) is 0 Å². The quantitative estimate of drug-likeness (QED) is 0.0346. The maximum absolute atomic E-state index is 13.9. The minimum Gasteiger partial charge on any atom is -0.748 e. The third-order valence-corrected chi connectivity index (χ3v) is 27.4. The normalized spacial score (nSPS) is 18.1. The molecule has 22 nitrogen and oxygen atoms in total. The Morgan fingerprint density at radius 2 is 0.953 bits per heavy atom. The number of nitrogens with zero attached hydrogens (tertiary/aromatic N) is 7. The van der Waals surface area contributed by atoms with E-state index in [1.807, 2.05) is 66.8 Å². The molecule has 0 unspecified atom stereocenters. The second-order valence-corrected chi connectivity index (χ2v) is 44.4. The number of anilines is 2. The lowest BCUT2D eigenvalue weighted by Gasteiger charge is -2.28. The molecule has 2 aliphatic carbocycles. The third-order valence-electron chi connectivity index (χ3n) is 24.7. The largest absolute Gasteiger partial charge is 0.748 e. The summed E-state index contributed by atoms with van der Waals surface area (Å²) in [4.78, 5) is 35.0. The Morgan fingerprint density at radius 3 is 1.51 bits per heavy atom. The van der Waals surface area contributed by atoms with Crippen molar-refractivity contribution in [3.8, 4) is 0 Å². The molecule has 7 aliphatic rings. The summed E-state index contributed by atoms with van der Waals surface area (Å²) in [6, 6.07) is 55.2. The van der Waals surface area contributed by atoms with Gasteiger partial charge < -0.3 is 32.9 Å². The predicted octanol–water partition coefficient (Wildman–Crippen LogP) is 19.8. The van der Waals surface area contributed by atoms with Gasteiger partial charge in [0.15, 0.2) is 24.2 Å². The maximum Gasteiger partial charge on any atom is 0.414 e. The fourth-order valence-electron chi connectivity index (χ4n) is 18.8. The van der Waals surface area contributed by atoms with Gasteiger partial charge in [-0.2, -0.15) is 13.7 Å². The van der Waals surface area contributed by atoms with Crippen LogP contribution in [-0.2, 0) is 78.8 Å². The standard InChI is InChI=1S/C52H63N3O7S2.C29H34N3O2.C19H23NO3S.CH4O3S.CH4/c1-50(2,3)62-49(56)53(8)48-38(26-30-44-51(4,5)46-40-20-12-10-18-36(40)24-28-42(46)54(44)32-14-16-34-63(9,57)58)22-23-39(48)27-31-45-52(6,7)47-41-21-13-11-19-37(41)25-29-43(47)55(45)33-15-17-35-64(59,60)61;1-29(2,3)34-28(33)30(4)27-23(19-31-17-15-21-9-5-7-11-25(21)31)13-14-24(27)20-32-18-16-22-10-6-8-12-26(22)32;1-14-19(2,3)18-16-9-5-4-8-15(16)10-11-17(18)20(14)12-6-7-13-24(21,22)23;1-5(2,3)4;/h10-13,18-21,24-31H,14-17,22-23,32-35H2,1-9H3;5-12,19-20H,13-18H2,1-4H3;4-5,8-11H,6-7,12-13H2,1-3H3;1H3,(H,2,3,4);1H4/q;+1;;;/p-1. The van der Waals surface area contributed by atoms with Crippen molar-refractivity contribution in [1.29, 1.82) is 0 Å². The second kappa shape index (κ2) is 39.2. The Kier molecular flexibility index (Phi) is 30.2. The lowest BCUT2D eigenvalue weighted by Crippen LogP contribution is -2.34. The zero-order chi connectivity index (χ0) is 92.3. The van der Waals surface area contributed by atoms with Gasteiger partial charge in [-0.1, -0.05) is 149 Å². The van der Waals surface area contributed by atoms with E-state index in [1.54, 1.807) is 16.8 Å². The Labute approximate surface area is 759 Å². The number of hydrogen-bond donors (Lipinski definition) is 0. The van der Waals surface area contributed by atoms with Crippen LogP contribution in [0, 0.1) is 0 Å². The number of hydrogen-bond acceptors (Lipinski definition) is 17. The molecule has 0 aromatic heterocycles. The van der Waals surface area contributed by atoms with Crippen molar-refractivity contribution in [3.63, 3.8) is 0 Å². The molecule has 26 heteroatoms. The van der Waals surface area contributed by atoms with Crippen LogP contribution < -0.4 is 9.80 Å². The monoisotopic (exact) mass is 1820 g/mol. The first-order chi connectivity index (χ1) is 59.5. The van der Waals surface area contributed by atoms with Crippen molar-refractivity contribution in [2.45, 2.75) is 202 Å². The van der Waals surface area contributed by atoms with Gasteiger partial charge in [0.1, 0.15) is 34.1 Å². The van der Waals surface area contributed by atoms with Crippen LogP contribution in [0.4, 0.5) is 38.0 Å². The smallest absolute Gasteiger partial charge is 0.414 e. The van der Waals surface area contributed by atoms with Gasteiger partial charge >= 0.3 is 12.2 Å². The number of likely N-dealkylation sites (N-methyl/N-ethyl adjacent to an activating group) is 2. The molecule has 0 radical (unpaired) electrons. The summed E-state index contributed by atoms with van der Waals surface area (Å²) in [5, 5.41) is 7.14. The molecule has 8 aromatic carbocycles. The van der Waals surface area contributed by atoms with Gasteiger partial charge in [0, 0.05) is 158 Å². The minimum atomic E-state index is -4.33. The Morgan fingerprint density at radius 1 is 0.484 bits per heavy atom. The van der Waals surface area contributed by atoms with E-state index in [-0.39, 0.29) is 36.9 Å². The van der Waals surface area contributed by atoms with E-state index in [2.05, 4.69) is 248 Å². The molecule has 8 aromatic rings. The highest BCUT2D eigenvalue weighted by Gasteiger charge is 2.48. The summed E-state index contributed by atoms with van der Waals surface area (Å²) in [7, 11) is -11.8. The average Bonchev–Trinajstić information content (AvgIpc) is 1.58. The summed E-state index contributed by atoms with van der Waals surface area (Å²) in [6.45, 7) is 30.7. The van der Waals surface area contributed by atoms with Crippen molar-refractivity contribution < 1.29 is 80.1 Å². The highest BCUT2D eigenvalue weighted by molar-refractivity contribution is 7.90. The van der Waals surface area contributed by atoms with Crippen LogP contribution in [0.15, 0.2) is 228 Å². The van der Waals surface area contributed by atoms with Gasteiger partial charge in [-0.3, -0.25) is 9.80 Å². The number of rotatable bonds is 22. The fraction of sp³-hybridized carbons (Fsp3) is 0.422. The number of fused-ring (bicyclic) bond motifs is 11. The molecule has 5 heterocycles. The summed E-state index contributed by atoms with van der Waals surface area (Å²) in [5.41, 5.74) is 19.8. The van der Waals surface area contributed by atoms with Crippen LogP contribution in [0.25, 0.3) is 32.3 Å². The van der Waals surface area contributed by atoms with E-state index >= 15 is 0 Å². The number of para-hydroxylation sites is 2. The third kappa shape index (κ3) is 23.3. The number of unbranched alkanes of at least 4 members (excludes halogenated alkanes) is 3. The van der Waals surface area contributed by atoms with Gasteiger partial charge in [-0.05, 0) is 218 Å². The van der Waals surface area contributed by atoms with E-state index in [4.69, 9.17) is 22.4 Å². The molecule has 0 saturated heterocycles. The average molecular weight is 1820 g/mol. The van der Waals surface area contributed by atoms with Gasteiger partial charge in [0.05, 0.1) is 52.6 Å². The molecular weight excluding hydrogens is 1690 g/mol. The van der Waals surface area contributed by atoms with Crippen LogP contribution in [0.3, 0.4) is 0 Å². The number of allylic oxidation sites excluding steroid dienone is 9. The number of amides is 2. The van der Waals surface area contributed by atoms with Crippen LogP contribution in [0.5, 0.6) is 0 Å². The van der Waals surface area contributed by atoms with E-state index < -0.39 is 74.1 Å². The molecule has 5 aliphatic heterocycles. The lowest BCUT2D eigenvalue weighted by molar-refractivity contribution is -0.439. The molecule has 15 rings (SSSR count). The first-order valence-electron chi connectivity index (χ1n) is 43.8. The molecule has 0 N–H and O–H groups in total. The highest BCUT2D eigenvalue weighted by Crippen LogP contribution is 2.52. The van der Waals surface area contributed by atoms with Gasteiger partial charge in [0.2, 0.25) is 17.1 Å². The van der Waals surface area contributed by atoms with Crippen molar-refractivity contribution in [3.05, 3.63) is 255 Å². The number of carbonyl (C=O) groups is 2. The van der Waals surface area contributed by atoms with Gasteiger partial charge in [-0.25, -0.2) is 43.3 Å². The molecule has 0 atom stereocenters. The molecule has 0 saturated carbocycles. The molecule has 2 amide bonds. The summed E-state index contributed by atoms with van der Waals surface area (Å²) in [6.07, 6.45) is 22.6. The van der Waals surface area contributed by atoms with Crippen LogP contribution in [-0.4, -0.2) is 188 Å². The van der Waals surface area contributed by atoms with E-state index in [0.717, 1.165) is 107 Å². The van der Waals surface area contributed by atoms with Crippen molar-refractivity contribution >= 4 is 131 Å². The highest BCUT2D eigenvalue weighted by atomic mass is 32.2. The Hall–Kier alpha value is -10.2. The zero-order valence-electron chi connectivity index (χ0n) is 76.5. The zero-order valence-corrected chi connectivity index (χ0v) is 79.8. The lowest BCUT2D eigenvalue weighted by atomic mass is 9.79. The molecular formula is C102H127N7O15S4. The molecule has 0 bridgehead atoms.